The number of benzene rings is 1. The molecule has 0 aliphatic rings. The van der Waals surface area contributed by atoms with Gasteiger partial charge in [-0.2, -0.15) is 5.10 Å². The highest BCUT2D eigenvalue weighted by Crippen LogP contribution is 2.13. The average Bonchev–Trinajstić information content (AvgIpc) is 2.73. The molecule has 0 spiro atoms. The van der Waals surface area contributed by atoms with Gasteiger partial charge >= 0.3 is 0 Å². The lowest BCUT2D eigenvalue weighted by molar-refractivity contribution is 0.585. The van der Waals surface area contributed by atoms with E-state index >= 15 is 0 Å². The summed E-state index contributed by atoms with van der Waals surface area (Å²) in [5.41, 5.74) is 6.52. The van der Waals surface area contributed by atoms with Crippen LogP contribution in [0.15, 0.2) is 24.4 Å². The molecule has 2 aromatic rings. The van der Waals surface area contributed by atoms with Crippen molar-refractivity contribution in [3.8, 4) is 0 Å². The highest BCUT2D eigenvalue weighted by molar-refractivity contribution is 5.30. The molecule has 0 saturated heterocycles. The van der Waals surface area contributed by atoms with Crippen LogP contribution >= 0.6 is 0 Å². The number of rotatable bonds is 5. The zero-order valence-electron chi connectivity index (χ0n) is 13.2. The van der Waals surface area contributed by atoms with Gasteiger partial charge in [0, 0.05) is 23.8 Å². The molecule has 1 heterocycles. The Balaban J connectivity index is 2.11. The second-order valence-electron chi connectivity index (χ2n) is 5.87. The van der Waals surface area contributed by atoms with Crippen molar-refractivity contribution in [3.05, 3.63) is 52.3 Å². The van der Waals surface area contributed by atoms with Crippen molar-refractivity contribution in [1.29, 1.82) is 0 Å². The molecule has 1 aromatic carbocycles. The fourth-order valence-corrected chi connectivity index (χ4v) is 2.21. The molecule has 108 valence electrons. The smallest absolute Gasteiger partial charge is 0.0662 e. The third-order valence-corrected chi connectivity index (χ3v) is 3.81. The molecule has 0 unspecified atom stereocenters. The Morgan fingerprint density at radius 3 is 2.55 bits per heavy atom. The number of hydrogen-bond donors (Lipinski definition) is 1. The summed E-state index contributed by atoms with van der Waals surface area (Å²) in [6.07, 6.45) is 1.98. The Labute approximate surface area is 122 Å². The average molecular weight is 271 g/mol. The van der Waals surface area contributed by atoms with E-state index in [2.05, 4.69) is 67.9 Å². The van der Waals surface area contributed by atoms with E-state index in [0.717, 1.165) is 13.1 Å². The van der Waals surface area contributed by atoms with E-state index in [4.69, 9.17) is 0 Å². The summed E-state index contributed by atoms with van der Waals surface area (Å²) in [6.45, 7) is 12.5. The predicted molar refractivity (Wildman–Crippen MR) is 84.0 cm³/mol. The summed E-state index contributed by atoms with van der Waals surface area (Å²) in [5, 5.41) is 7.96. The summed E-state index contributed by atoms with van der Waals surface area (Å²) in [4.78, 5) is 0. The second kappa shape index (κ2) is 6.23. The van der Waals surface area contributed by atoms with Gasteiger partial charge in [0.1, 0.15) is 0 Å². The minimum absolute atomic E-state index is 0.498. The SMILES string of the molecule is Cc1ccc(Cn2ncc(CNC(C)C)c2C)cc1C. The Kier molecular flexibility index (Phi) is 4.61. The van der Waals surface area contributed by atoms with Gasteiger partial charge in [-0.1, -0.05) is 32.0 Å². The zero-order chi connectivity index (χ0) is 14.7. The standard InChI is InChI=1S/C17H25N3/c1-12(2)18-9-17-10-19-20(15(17)5)11-16-7-6-13(3)14(4)8-16/h6-8,10,12,18H,9,11H2,1-5H3. The van der Waals surface area contributed by atoms with Gasteiger partial charge in [0.2, 0.25) is 0 Å². The minimum atomic E-state index is 0.498. The summed E-state index contributed by atoms with van der Waals surface area (Å²) in [5.74, 6) is 0. The van der Waals surface area contributed by atoms with Gasteiger partial charge in [0.15, 0.2) is 0 Å². The van der Waals surface area contributed by atoms with Crippen LogP contribution in [-0.2, 0) is 13.1 Å². The number of nitrogens with one attached hydrogen (secondary N) is 1. The van der Waals surface area contributed by atoms with Crippen molar-refractivity contribution in [2.75, 3.05) is 0 Å². The number of aromatic nitrogens is 2. The van der Waals surface area contributed by atoms with Gasteiger partial charge in [-0.25, -0.2) is 0 Å². The lowest BCUT2D eigenvalue weighted by Crippen LogP contribution is -2.22. The van der Waals surface area contributed by atoms with Crippen molar-refractivity contribution in [3.63, 3.8) is 0 Å². The summed E-state index contributed by atoms with van der Waals surface area (Å²) in [7, 11) is 0. The molecule has 0 saturated carbocycles. The maximum absolute atomic E-state index is 4.52. The Morgan fingerprint density at radius 2 is 1.90 bits per heavy atom. The molecule has 0 amide bonds. The summed E-state index contributed by atoms with van der Waals surface area (Å²) >= 11 is 0. The van der Waals surface area contributed by atoms with Crippen molar-refractivity contribution < 1.29 is 0 Å². The third kappa shape index (κ3) is 3.48. The fourth-order valence-electron chi connectivity index (χ4n) is 2.21. The van der Waals surface area contributed by atoms with E-state index in [9.17, 15) is 0 Å². The molecule has 0 aliphatic heterocycles. The highest BCUT2D eigenvalue weighted by atomic mass is 15.3. The van der Waals surface area contributed by atoms with E-state index in [0.29, 0.717) is 6.04 Å². The van der Waals surface area contributed by atoms with Crippen LogP contribution in [0, 0.1) is 20.8 Å². The third-order valence-electron chi connectivity index (χ3n) is 3.81. The first kappa shape index (κ1) is 14.8. The molecular formula is C17H25N3. The molecule has 0 atom stereocenters. The van der Waals surface area contributed by atoms with Gasteiger partial charge in [0.25, 0.3) is 0 Å². The first-order chi connectivity index (χ1) is 9.47. The molecule has 0 fully saturated rings. The Morgan fingerprint density at radius 1 is 1.15 bits per heavy atom. The normalized spacial score (nSPS) is 11.3. The molecule has 1 N–H and O–H groups in total. The van der Waals surface area contributed by atoms with E-state index < -0.39 is 0 Å². The maximum Gasteiger partial charge on any atom is 0.0662 e. The van der Waals surface area contributed by atoms with E-state index in [-0.39, 0.29) is 0 Å². The molecular weight excluding hydrogens is 246 g/mol. The fraction of sp³-hybridized carbons (Fsp3) is 0.471. The van der Waals surface area contributed by atoms with E-state index in [1.54, 1.807) is 0 Å². The Hall–Kier alpha value is -1.61. The second-order valence-corrected chi connectivity index (χ2v) is 5.87. The van der Waals surface area contributed by atoms with Crippen molar-refractivity contribution in [2.45, 2.75) is 53.8 Å². The van der Waals surface area contributed by atoms with Crippen LogP contribution < -0.4 is 5.32 Å². The van der Waals surface area contributed by atoms with Crippen LogP contribution in [0.4, 0.5) is 0 Å². The lowest BCUT2D eigenvalue weighted by atomic mass is 10.1. The molecule has 20 heavy (non-hydrogen) atoms. The van der Waals surface area contributed by atoms with E-state index in [1.807, 2.05) is 6.20 Å². The largest absolute Gasteiger partial charge is 0.310 e. The molecule has 3 heteroatoms. The van der Waals surface area contributed by atoms with Gasteiger partial charge in [-0.3, -0.25) is 4.68 Å². The topological polar surface area (TPSA) is 29.9 Å². The van der Waals surface area contributed by atoms with Crippen molar-refractivity contribution >= 4 is 0 Å². The molecule has 2 rings (SSSR count). The van der Waals surface area contributed by atoms with Crippen LogP contribution in [0.5, 0.6) is 0 Å². The number of aryl methyl sites for hydroxylation is 2. The quantitative estimate of drug-likeness (QED) is 0.903. The molecule has 0 aliphatic carbocycles. The number of hydrogen-bond acceptors (Lipinski definition) is 2. The van der Waals surface area contributed by atoms with Crippen LogP contribution in [0.3, 0.4) is 0 Å². The zero-order valence-corrected chi connectivity index (χ0v) is 13.2. The first-order valence-corrected chi connectivity index (χ1v) is 7.28. The van der Waals surface area contributed by atoms with Gasteiger partial charge in [-0.05, 0) is 37.5 Å². The molecule has 3 nitrogen and oxygen atoms in total. The Bertz CT molecular complexity index is 582. The molecule has 1 aromatic heterocycles. The minimum Gasteiger partial charge on any atom is -0.310 e. The van der Waals surface area contributed by atoms with Gasteiger partial charge in [-0.15, -0.1) is 0 Å². The highest BCUT2D eigenvalue weighted by Gasteiger charge is 2.07. The maximum atomic E-state index is 4.52. The van der Waals surface area contributed by atoms with Crippen LogP contribution in [-0.4, -0.2) is 15.8 Å². The van der Waals surface area contributed by atoms with Crippen LogP contribution in [0.1, 0.15) is 41.8 Å². The van der Waals surface area contributed by atoms with Crippen LogP contribution in [0.2, 0.25) is 0 Å². The van der Waals surface area contributed by atoms with E-state index in [1.165, 1.54) is 27.9 Å². The summed E-state index contributed by atoms with van der Waals surface area (Å²) in [6, 6.07) is 7.13. The van der Waals surface area contributed by atoms with Crippen molar-refractivity contribution in [2.24, 2.45) is 0 Å². The predicted octanol–water partition coefficient (Wildman–Crippen LogP) is 3.35. The molecule has 0 bridgehead atoms. The van der Waals surface area contributed by atoms with Crippen LogP contribution in [0.25, 0.3) is 0 Å². The number of nitrogens with zero attached hydrogens (tertiary/aromatic N) is 2. The first-order valence-electron chi connectivity index (χ1n) is 7.28. The summed E-state index contributed by atoms with van der Waals surface area (Å²) < 4.78 is 2.08. The lowest BCUT2D eigenvalue weighted by Gasteiger charge is -2.09. The monoisotopic (exact) mass is 271 g/mol. The van der Waals surface area contributed by atoms with Gasteiger partial charge < -0.3 is 5.32 Å². The molecule has 0 radical (unpaired) electrons. The van der Waals surface area contributed by atoms with Crippen molar-refractivity contribution in [1.82, 2.24) is 15.1 Å². The van der Waals surface area contributed by atoms with Gasteiger partial charge in [0.05, 0.1) is 12.7 Å².